The van der Waals surface area contributed by atoms with E-state index >= 15 is 0 Å². The molecular weight excluding hydrogens is 374 g/mol. The van der Waals surface area contributed by atoms with Crippen molar-refractivity contribution in [2.24, 2.45) is 0 Å². The number of rotatable bonds is 5. The quantitative estimate of drug-likeness (QED) is 0.429. The lowest BCUT2D eigenvalue weighted by atomic mass is 10.0. The van der Waals surface area contributed by atoms with Crippen molar-refractivity contribution in [1.29, 1.82) is 0 Å². The lowest BCUT2D eigenvalue weighted by Gasteiger charge is -2.18. The van der Waals surface area contributed by atoms with E-state index in [0.717, 1.165) is 10.5 Å². The highest BCUT2D eigenvalue weighted by Gasteiger charge is 2.37. The number of benzene rings is 2. The van der Waals surface area contributed by atoms with Gasteiger partial charge >= 0.3 is 5.97 Å². The van der Waals surface area contributed by atoms with Crippen molar-refractivity contribution in [2.75, 3.05) is 25.4 Å². The fraction of sp³-hybridized carbons (Fsp3) is 0.182. The topological polar surface area (TPSA) is 55.8 Å². The molecule has 0 radical (unpaired) electrons. The SMILES string of the molecule is COC(=O)C1=C(C)N(c2ccc(OC)cc2)C(=O)/C1=C\c1ccc(SC)cc1. The van der Waals surface area contributed by atoms with Crippen LogP contribution in [0.4, 0.5) is 5.69 Å². The zero-order valence-electron chi connectivity index (χ0n) is 16.2. The largest absolute Gasteiger partial charge is 0.497 e. The molecule has 1 aliphatic heterocycles. The summed E-state index contributed by atoms with van der Waals surface area (Å²) >= 11 is 1.64. The first-order valence-corrected chi connectivity index (χ1v) is 9.86. The molecule has 6 heteroatoms. The maximum atomic E-state index is 13.2. The number of allylic oxidation sites excluding steroid dienone is 1. The summed E-state index contributed by atoms with van der Waals surface area (Å²) in [5, 5.41) is 0. The normalized spacial score (nSPS) is 15.4. The molecule has 0 fully saturated rings. The average molecular weight is 395 g/mol. The number of ether oxygens (including phenoxy) is 2. The van der Waals surface area contributed by atoms with E-state index in [4.69, 9.17) is 9.47 Å². The minimum Gasteiger partial charge on any atom is -0.497 e. The molecular formula is C22H21NO4S. The summed E-state index contributed by atoms with van der Waals surface area (Å²) in [5.74, 6) is -0.110. The molecule has 1 aliphatic rings. The first kappa shape index (κ1) is 19.8. The Bertz CT molecular complexity index is 959. The smallest absolute Gasteiger partial charge is 0.340 e. The van der Waals surface area contributed by atoms with Crippen LogP contribution in [0.1, 0.15) is 12.5 Å². The predicted octanol–water partition coefficient (Wildman–Crippen LogP) is 4.29. The molecule has 0 N–H and O–H groups in total. The molecule has 0 bridgehead atoms. The van der Waals surface area contributed by atoms with Crippen LogP contribution in [0.2, 0.25) is 0 Å². The van der Waals surface area contributed by atoms with Gasteiger partial charge in [-0.2, -0.15) is 0 Å². The lowest BCUT2D eigenvalue weighted by molar-refractivity contribution is -0.136. The maximum absolute atomic E-state index is 13.2. The Hall–Kier alpha value is -2.99. The number of anilines is 1. The molecule has 0 aliphatic carbocycles. The summed E-state index contributed by atoms with van der Waals surface area (Å²) < 4.78 is 10.1. The van der Waals surface area contributed by atoms with Crippen molar-refractivity contribution >= 4 is 35.4 Å². The van der Waals surface area contributed by atoms with Gasteiger partial charge in [0.2, 0.25) is 0 Å². The number of hydrogen-bond acceptors (Lipinski definition) is 5. The van der Waals surface area contributed by atoms with Crippen molar-refractivity contribution in [1.82, 2.24) is 0 Å². The van der Waals surface area contributed by atoms with Crippen molar-refractivity contribution in [3.8, 4) is 5.75 Å². The second-order valence-corrected chi connectivity index (χ2v) is 7.00. The van der Waals surface area contributed by atoms with E-state index in [9.17, 15) is 9.59 Å². The standard InChI is InChI=1S/C22H21NO4S/c1-14-20(22(25)27-3)19(13-15-5-11-18(28-4)12-6-15)21(24)23(14)16-7-9-17(26-2)10-8-16/h5-13H,1-4H3/b19-13-. The van der Waals surface area contributed by atoms with Crippen LogP contribution < -0.4 is 9.64 Å². The van der Waals surface area contributed by atoms with Gasteiger partial charge in [-0.1, -0.05) is 12.1 Å². The number of esters is 1. The van der Waals surface area contributed by atoms with Gasteiger partial charge in [0.25, 0.3) is 5.91 Å². The molecule has 1 heterocycles. The van der Waals surface area contributed by atoms with Crippen LogP contribution in [0.3, 0.4) is 0 Å². The molecule has 2 aromatic rings. The van der Waals surface area contributed by atoms with Gasteiger partial charge in [-0.25, -0.2) is 4.79 Å². The molecule has 0 spiro atoms. The molecule has 0 atom stereocenters. The Morgan fingerprint density at radius 3 is 2.21 bits per heavy atom. The number of nitrogens with zero attached hydrogens (tertiary/aromatic N) is 1. The minimum atomic E-state index is -0.533. The van der Waals surface area contributed by atoms with E-state index in [1.54, 1.807) is 56.1 Å². The van der Waals surface area contributed by atoms with Crippen molar-refractivity contribution in [3.05, 3.63) is 70.9 Å². The van der Waals surface area contributed by atoms with Crippen molar-refractivity contribution in [3.63, 3.8) is 0 Å². The third kappa shape index (κ3) is 3.68. The van der Waals surface area contributed by atoms with E-state index in [2.05, 4.69) is 0 Å². The molecule has 1 amide bonds. The van der Waals surface area contributed by atoms with Crippen LogP contribution in [0.5, 0.6) is 5.75 Å². The Kier molecular flexibility index (Phi) is 5.90. The van der Waals surface area contributed by atoms with Gasteiger partial charge < -0.3 is 9.47 Å². The van der Waals surface area contributed by atoms with E-state index in [1.807, 2.05) is 30.5 Å². The van der Waals surface area contributed by atoms with Crippen LogP contribution >= 0.6 is 11.8 Å². The Morgan fingerprint density at radius 1 is 1.04 bits per heavy atom. The summed E-state index contributed by atoms with van der Waals surface area (Å²) in [6.07, 6.45) is 3.73. The Labute approximate surface area is 168 Å². The Balaban J connectivity index is 2.07. The molecule has 144 valence electrons. The summed E-state index contributed by atoms with van der Waals surface area (Å²) in [5.41, 5.74) is 2.63. The molecule has 0 unspecified atom stereocenters. The third-order valence-electron chi connectivity index (χ3n) is 4.55. The van der Waals surface area contributed by atoms with Gasteiger partial charge in [-0.3, -0.25) is 9.69 Å². The number of hydrogen-bond donors (Lipinski definition) is 0. The Morgan fingerprint density at radius 2 is 1.68 bits per heavy atom. The molecule has 0 saturated carbocycles. The molecule has 0 saturated heterocycles. The number of amides is 1. The lowest BCUT2D eigenvalue weighted by Crippen LogP contribution is -2.24. The van der Waals surface area contributed by atoms with Gasteiger partial charge in [0.15, 0.2) is 0 Å². The maximum Gasteiger partial charge on any atom is 0.340 e. The van der Waals surface area contributed by atoms with Crippen molar-refractivity contribution < 1.29 is 19.1 Å². The second kappa shape index (κ2) is 8.35. The highest BCUT2D eigenvalue weighted by molar-refractivity contribution is 7.98. The second-order valence-electron chi connectivity index (χ2n) is 6.12. The highest BCUT2D eigenvalue weighted by Crippen LogP contribution is 2.36. The van der Waals surface area contributed by atoms with Gasteiger partial charge in [0.05, 0.1) is 25.4 Å². The fourth-order valence-electron chi connectivity index (χ4n) is 3.09. The molecule has 3 rings (SSSR count). The van der Waals surface area contributed by atoms with E-state index in [0.29, 0.717) is 22.7 Å². The fourth-order valence-corrected chi connectivity index (χ4v) is 3.50. The van der Waals surface area contributed by atoms with E-state index in [-0.39, 0.29) is 11.5 Å². The first-order chi connectivity index (χ1) is 13.5. The zero-order chi connectivity index (χ0) is 20.3. The molecule has 28 heavy (non-hydrogen) atoms. The van der Waals surface area contributed by atoms with Crippen LogP contribution in [0, 0.1) is 0 Å². The summed E-state index contributed by atoms with van der Waals surface area (Å²) in [7, 11) is 2.90. The van der Waals surface area contributed by atoms with Crippen LogP contribution in [-0.2, 0) is 14.3 Å². The third-order valence-corrected chi connectivity index (χ3v) is 5.29. The zero-order valence-corrected chi connectivity index (χ0v) is 17.0. The highest BCUT2D eigenvalue weighted by atomic mass is 32.2. The van der Waals surface area contributed by atoms with Gasteiger partial charge in [-0.15, -0.1) is 11.8 Å². The molecule has 2 aromatic carbocycles. The van der Waals surface area contributed by atoms with E-state index in [1.165, 1.54) is 12.0 Å². The van der Waals surface area contributed by atoms with Crippen LogP contribution in [0.25, 0.3) is 6.08 Å². The predicted molar refractivity (Wildman–Crippen MR) is 111 cm³/mol. The number of carbonyl (C=O) groups excluding carboxylic acids is 2. The number of thioether (sulfide) groups is 1. The van der Waals surface area contributed by atoms with Crippen LogP contribution in [-0.4, -0.2) is 32.4 Å². The summed E-state index contributed by atoms with van der Waals surface area (Å²) in [6.45, 7) is 1.74. The van der Waals surface area contributed by atoms with Crippen LogP contribution in [0.15, 0.2) is 70.3 Å². The first-order valence-electron chi connectivity index (χ1n) is 8.64. The minimum absolute atomic E-state index is 0.267. The summed E-state index contributed by atoms with van der Waals surface area (Å²) in [6, 6.07) is 14.9. The van der Waals surface area contributed by atoms with Gasteiger partial charge in [0, 0.05) is 16.3 Å². The monoisotopic (exact) mass is 395 g/mol. The average Bonchev–Trinajstić information content (AvgIpc) is 2.97. The number of methoxy groups -OCH3 is 2. The number of carbonyl (C=O) groups is 2. The van der Waals surface area contributed by atoms with Gasteiger partial charge in [-0.05, 0) is 61.2 Å². The molecule has 5 nitrogen and oxygen atoms in total. The summed E-state index contributed by atoms with van der Waals surface area (Å²) in [4.78, 5) is 28.3. The van der Waals surface area contributed by atoms with Crippen molar-refractivity contribution in [2.45, 2.75) is 11.8 Å². The molecule has 0 aromatic heterocycles. The van der Waals surface area contributed by atoms with Gasteiger partial charge in [0.1, 0.15) is 5.75 Å². The van der Waals surface area contributed by atoms with E-state index < -0.39 is 5.97 Å².